The van der Waals surface area contributed by atoms with Crippen LogP contribution >= 0.6 is 43.5 Å². The molecule has 0 fully saturated rings. The molecule has 0 bridgehead atoms. The molecule has 0 spiro atoms. The minimum atomic E-state index is 0.551. The molecular weight excluding hydrogens is 359 g/mol. The van der Waals surface area contributed by atoms with E-state index < -0.39 is 0 Å². The summed E-state index contributed by atoms with van der Waals surface area (Å²) in [5, 5.41) is 3.78. The first-order chi connectivity index (χ1) is 7.66. The molecule has 2 aromatic heterocycles. The fourth-order valence-electron chi connectivity index (χ4n) is 1.17. The van der Waals surface area contributed by atoms with Crippen LogP contribution in [0, 0.1) is 0 Å². The molecule has 2 aromatic rings. The number of halogens is 3. The van der Waals surface area contributed by atoms with E-state index in [4.69, 9.17) is 16.0 Å². The molecule has 0 saturated heterocycles. The molecular formula is C10H7Br2ClN2O. The lowest BCUT2D eigenvalue weighted by atomic mass is 10.4. The number of pyridine rings is 1. The predicted molar refractivity (Wildman–Crippen MR) is 70.7 cm³/mol. The molecule has 0 aliphatic heterocycles. The van der Waals surface area contributed by atoms with Gasteiger partial charge in [0.2, 0.25) is 0 Å². The first-order valence-corrected chi connectivity index (χ1v) is 6.40. The van der Waals surface area contributed by atoms with E-state index in [9.17, 15) is 0 Å². The van der Waals surface area contributed by atoms with Gasteiger partial charge >= 0.3 is 0 Å². The van der Waals surface area contributed by atoms with E-state index in [-0.39, 0.29) is 0 Å². The average Bonchev–Trinajstić information content (AvgIpc) is 2.57. The van der Waals surface area contributed by atoms with Gasteiger partial charge in [0.05, 0.1) is 27.9 Å². The largest absolute Gasteiger partial charge is 0.451 e. The molecule has 6 heteroatoms. The van der Waals surface area contributed by atoms with Crippen molar-refractivity contribution >= 4 is 49.1 Å². The van der Waals surface area contributed by atoms with Crippen LogP contribution in [0.25, 0.3) is 0 Å². The first kappa shape index (κ1) is 12.0. The van der Waals surface area contributed by atoms with E-state index in [0.29, 0.717) is 16.2 Å². The highest BCUT2D eigenvalue weighted by Crippen LogP contribution is 2.27. The summed E-state index contributed by atoms with van der Waals surface area (Å²) in [5.41, 5.74) is 0.785. The quantitative estimate of drug-likeness (QED) is 0.871. The van der Waals surface area contributed by atoms with Crippen LogP contribution in [0.2, 0.25) is 5.02 Å². The Labute approximate surface area is 114 Å². The number of aromatic nitrogens is 1. The third kappa shape index (κ3) is 2.78. The number of hydrogen-bond acceptors (Lipinski definition) is 3. The lowest BCUT2D eigenvalue weighted by Crippen LogP contribution is -1.98. The van der Waals surface area contributed by atoms with Gasteiger partial charge < -0.3 is 9.73 Å². The molecule has 0 amide bonds. The molecule has 0 aliphatic carbocycles. The van der Waals surface area contributed by atoms with Gasteiger partial charge in [0.1, 0.15) is 5.76 Å². The molecule has 3 nitrogen and oxygen atoms in total. The summed E-state index contributed by atoms with van der Waals surface area (Å²) in [6.07, 6.45) is 3.32. The summed E-state index contributed by atoms with van der Waals surface area (Å²) in [7, 11) is 0. The van der Waals surface area contributed by atoms with Crippen molar-refractivity contribution in [1.29, 1.82) is 0 Å². The topological polar surface area (TPSA) is 38.1 Å². The van der Waals surface area contributed by atoms with Gasteiger partial charge in [-0.3, -0.25) is 4.98 Å². The normalized spacial score (nSPS) is 10.4. The number of hydrogen-bond donors (Lipinski definition) is 1. The van der Waals surface area contributed by atoms with Crippen molar-refractivity contribution in [3.63, 3.8) is 0 Å². The monoisotopic (exact) mass is 364 g/mol. The minimum Gasteiger partial charge on any atom is -0.451 e. The van der Waals surface area contributed by atoms with Crippen molar-refractivity contribution in [3.05, 3.63) is 44.5 Å². The zero-order valence-electron chi connectivity index (χ0n) is 8.01. The van der Waals surface area contributed by atoms with E-state index in [1.807, 2.05) is 6.07 Å². The maximum atomic E-state index is 5.98. The third-order valence-corrected chi connectivity index (χ3v) is 3.96. The molecule has 0 aliphatic rings. The average molecular weight is 366 g/mol. The van der Waals surface area contributed by atoms with Crippen molar-refractivity contribution < 1.29 is 4.42 Å². The molecule has 2 rings (SSSR count). The van der Waals surface area contributed by atoms with Crippen LogP contribution < -0.4 is 5.32 Å². The SMILES string of the molecule is Clc1ccncc1NCc1cc(Br)c(Br)o1. The highest BCUT2D eigenvalue weighted by atomic mass is 79.9. The smallest absolute Gasteiger partial charge is 0.183 e. The highest BCUT2D eigenvalue weighted by Gasteiger charge is 2.06. The highest BCUT2D eigenvalue weighted by molar-refractivity contribution is 9.13. The van der Waals surface area contributed by atoms with Crippen molar-refractivity contribution in [2.75, 3.05) is 5.32 Å². The number of furan rings is 1. The summed E-state index contributed by atoms with van der Waals surface area (Å²) in [6, 6.07) is 3.62. The standard InChI is InChI=1S/C10H7Br2ClN2O/c11-7-3-6(16-10(7)12)4-15-9-5-14-2-1-8(9)13/h1-3,5,15H,4H2. The van der Waals surface area contributed by atoms with E-state index >= 15 is 0 Å². The molecule has 0 atom stereocenters. The molecule has 0 saturated carbocycles. The van der Waals surface area contributed by atoms with Crippen molar-refractivity contribution in [1.82, 2.24) is 4.98 Å². The van der Waals surface area contributed by atoms with Gasteiger partial charge in [-0.2, -0.15) is 0 Å². The Morgan fingerprint density at radius 3 is 2.88 bits per heavy atom. The Hall–Kier alpha value is -0.520. The maximum Gasteiger partial charge on any atom is 0.183 e. The zero-order valence-corrected chi connectivity index (χ0v) is 11.9. The molecule has 0 unspecified atom stereocenters. The minimum absolute atomic E-state index is 0.551. The number of rotatable bonds is 3. The molecule has 16 heavy (non-hydrogen) atoms. The number of anilines is 1. The van der Waals surface area contributed by atoms with Gasteiger partial charge in [-0.25, -0.2) is 0 Å². The Morgan fingerprint density at radius 2 is 2.25 bits per heavy atom. The first-order valence-electron chi connectivity index (χ1n) is 4.44. The summed E-state index contributed by atoms with van der Waals surface area (Å²) in [4.78, 5) is 3.98. The summed E-state index contributed by atoms with van der Waals surface area (Å²) in [5.74, 6) is 0.804. The van der Waals surface area contributed by atoms with E-state index in [2.05, 4.69) is 42.2 Å². The van der Waals surface area contributed by atoms with E-state index in [1.165, 1.54) is 0 Å². The van der Waals surface area contributed by atoms with Crippen LogP contribution in [0.3, 0.4) is 0 Å². The molecule has 2 heterocycles. The Morgan fingerprint density at radius 1 is 1.44 bits per heavy atom. The molecule has 84 valence electrons. The van der Waals surface area contributed by atoms with Crippen LogP contribution in [0.1, 0.15) is 5.76 Å². The summed E-state index contributed by atoms with van der Waals surface area (Å²) in [6.45, 7) is 0.551. The zero-order chi connectivity index (χ0) is 11.5. The Bertz CT molecular complexity index is 482. The predicted octanol–water partition coefficient (Wildman–Crippen LogP) is 4.47. The fraction of sp³-hybridized carbons (Fsp3) is 0.100. The van der Waals surface area contributed by atoms with Gasteiger partial charge in [0, 0.05) is 6.20 Å². The van der Waals surface area contributed by atoms with Crippen LogP contribution in [0.5, 0.6) is 0 Å². The Kier molecular flexibility index (Phi) is 3.89. The van der Waals surface area contributed by atoms with Crippen molar-refractivity contribution in [3.8, 4) is 0 Å². The lowest BCUT2D eigenvalue weighted by molar-refractivity contribution is 0.494. The Balaban J connectivity index is 2.05. The third-order valence-electron chi connectivity index (χ3n) is 1.92. The van der Waals surface area contributed by atoms with E-state index in [0.717, 1.165) is 15.9 Å². The van der Waals surface area contributed by atoms with Crippen molar-refractivity contribution in [2.45, 2.75) is 6.54 Å². The van der Waals surface area contributed by atoms with Gasteiger partial charge in [0.15, 0.2) is 4.67 Å². The van der Waals surface area contributed by atoms with Gasteiger partial charge in [-0.1, -0.05) is 11.6 Å². The van der Waals surface area contributed by atoms with Crippen LogP contribution in [0.15, 0.2) is 38.1 Å². The second-order valence-electron chi connectivity index (χ2n) is 3.04. The molecule has 1 N–H and O–H groups in total. The maximum absolute atomic E-state index is 5.98. The molecule has 0 aromatic carbocycles. The number of nitrogens with zero attached hydrogens (tertiary/aromatic N) is 1. The van der Waals surface area contributed by atoms with Crippen LogP contribution in [-0.2, 0) is 6.54 Å². The fourth-order valence-corrected chi connectivity index (χ4v) is 2.00. The lowest BCUT2D eigenvalue weighted by Gasteiger charge is -2.04. The number of nitrogens with one attached hydrogen (secondary N) is 1. The van der Waals surface area contributed by atoms with Gasteiger partial charge in [-0.05, 0) is 44.0 Å². The van der Waals surface area contributed by atoms with Gasteiger partial charge in [-0.15, -0.1) is 0 Å². The summed E-state index contributed by atoms with van der Waals surface area (Å²) >= 11 is 12.6. The van der Waals surface area contributed by atoms with Crippen molar-refractivity contribution in [2.24, 2.45) is 0 Å². The van der Waals surface area contributed by atoms with Crippen LogP contribution in [-0.4, -0.2) is 4.98 Å². The second kappa shape index (κ2) is 5.21. The summed E-state index contributed by atoms with van der Waals surface area (Å²) < 4.78 is 6.99. The molecule has 0 radical (unpaired) electrons. The van der Waals surface area contributed by atoms with Crippen LogP contribution in [0.4, 0.5) is 5.69 Å². The van der Waals surface area contributed by atoms with E-state index in [1.54, 1.807) is 18.5 Å². The second-order valence-corrected chi connectivity index (χ2v) is 5.03. The van der Waals surface area contributed by atoms with Gasteiger partial charge in [0.25, 0.3) is 0 Å².